The Labute approximate surface area is 156 Å². The summed E-state index contributed by atoms with van der Waals surface area (Å²) in [5.41, 5.74) is 8.50. The Bertz CT molecular complexity index is 662. The number of hydrogen-bond donors (Lipinski definition) is 1. The van der Waals surface area contributed by atoms with Gasteiger partial charge < -0.3 is 10.5 Å². The van der Waals surface area contributed by atoms with Crippen molar-refractivity contribution in [3.8, 4) is 0 Å². The van der Waals surface area contributed by atoms with E-state index >= 15 is 0 Å². The predicted octanol–water partition coefficient (Wildman–Crippen LogP) is 4.82. The Balaban J connectivity index is 2.02. The Morgan fingerprint density at radius 1 is 1.00 bits per heavy atom. The molecule has 0 heterocycles. The highest BCUT2D eigenvalue weighted by Gasteiger charge is 2.21. The third-order valence-corrected chi connectivity index (χ3v) is 4.07. The van der Waals surface area contributed by atoms with Crippen LogP contribution in [0.1, 0.15) is 50.7 Å². The summed E-state index contributed by atoms with van der Waals surface area (Å²) < 4.78 is 5.27. The predicted molar refractivity (Wildman–Crippen MR) is 107 cm³/mol. The fraction of sp³-hybridized carbons (Fsp3) is 0.348. The van der Waals surface area contributed by atoms with Gasteiger partial charge in [-0.1, -0.05) is 66.7 Å². The molecule has 3 heteroatoms. The molecule has 1 unspecified atom stereocenters. The first-order chi connectivity index (χ1) is 12.4. The average molecular weight is 351 g/mol. The lowest BCUT2D eigenvalue weighted by Crippen LogP contribution is -2.29. The van der Waals surface area contributed by atoms with Gasteiger partial charge >= 0.3 is 5.97 Å². The quantitative estimate of drug-likeness (QED) is 0.574. The molecule has 2 rings (SSSR count). The fourth-order valence-corrected chi connectivity index (χ4v) is 2.98. The van der Waals surface area contributed by atoms with Crippen LogP contribution in [0.15, 0.2) is 72.8 Å². The van der Waals surface area contributed by atoms with Gasteiger partial charge in [0, 0.05) is 18.0 Å². The van der Waals surface area contributed by atoms with E-state index in [2.05, 4.69) is 24.3 Å². The van der Waals surface area contributed by atoms with Gasteiger partial charge in [0.25, 0.3) is 0 Å². The molecule has 26 heavy (non-hydrogen) atoms. The van der Waals surface area contributed by atoms with Crippen molar-refractivity contribution in [2.75, 3.05) is 0 Å². The van der Waals surface area contributed by atoms with Crippen LogP contribution in [0.25, 0.3) is 0 Å². The summed E-state index contributed by atoms with van der Waals surface area (Å²) in [6, 6.07) is 20.6. The molecule has 1 atom stereocenters. The van der Waals surface area contributed by atoms with E-state index in [1.807, 2.05) is 63.2 Å². The number of carbonyl (C=O) groups excluding carboxylic acids is 1. The van der Waals surface area contributed by atoms with E-state index in [-0.39, 0.29) is 17.9 Å². The van der Waals surface area contributed by atoms with Crippen molar-refractivity contribution < 1.29 is 9.53 Å². The minimum absolute atomic E-state index is 0.0388. The second-order valence-corrected chi connectivity index (χ2v) is 7.48. The topological polar surface area (TPSA) is 52.3 Å². The summed E-state index contributed by atoms with van der Waals surface area (Å²) in [4.78, 5) is 11.7. The molecule has 0 aliphatic rings. The third-order valence-electron chi connectivity index (χ3n) is 4.07. The molecule has 2 aromatic carbocycles. The zero-order chi connectivity index (χ0) is 19.0. The zero-order valence-electron chi connectivity index (χ0n) is 15.9. The lowest BCUT2D eigenvalue weighted by Gasteiger charge is -2.25. The molecule has 138 valence electrons. The minimum atomic E-state index is -0.469. The van der Waals surface area contributed by atoms with Crippen LogP contribution >= 0.6 is 0 Å². The van der Waals surface area contributed by atoms with Gasteiger partial charge in [-0.2, -0.15) is 0 Å². The highest BCUT2D eigenvalue weighted by Crippen LogP contribution is 2.29. The van der Waals surface area contributed by atoms with Crippen LogP contribution in [0.3, 0.4) is 0 Å². The number of hydrogen-bond acceptors (Lipinski definition) is 3. The molecule has 0 amide bonds. The Morgan fingerprint density at radius 3 is 1.96 bits per heavy atom. The molecule has 0 spiro atoms. The van der Waals surface area contributed by atoms with Crippen molar-refractivity contribution in [2.45, 2.75) is 51.2 Å². The van der Waals surface area contributed by atoms with Crippen LogP contribution in [0, 0.1) is 0 Å². The van der Waals surface area contributed by atoms with Crippen LogP contribution in [0.5, 0.6) is 0 Å². The second kappa shape index (κ2) is 9.35. The number of esters is 1. The van der Waals surface area contributed by atoms with Crippen molar-refractivity contribution in [1.82, 2.24) is 0 Å². The zero-order valence-corrected chi connectivity index (χ0v) is 15.9. The molecule has 0 saturated heterocycles. The molecular weight excluding hydrogens is 322 g/mol. The maximum atomic E-state index is 11.7. The van der Waals surface area contributed by atoms with E-state index in [9.17, 15) is 4.79 Å². The van der Waals surface area contributed by atoms with Gasteiger partial charge in [0.15, 0.2) is 0 Å². The van der Waals surface area contributed by atoms with Crippen LogP contribution in [-0.4, -0.2) is 17.6 Å². The SMILES string of the molecule is CC(C)(C)OC(=O)C=CCCC(N)C(c1ccccc1)c1ccccc1. The maximum absolute atomic E-state index is 11.7. The molecule has 0 saturated carbocycles. The third kappa shape index (κ3) is 6.49. The van der Waals surface area contributed by atoms with Gasteiger partial charge in [-0.3, -0.25) is 0 Å². The molecule has 0 aliphatic carbocycles. The summed E-state index contributed by atoms with van der Waals surface area (Å²) in [6.45, 7) is 5.58. The summed E-state index contributed by atoms with van der Waals surface area (Å²) in [5.74, 6) is -0.180. The van der Waals surface area contributed by atoms with Gasteiger partial charge in [0.1, 0.15) is 5.60 Å². The van der Waals surface area contributed by atoms with Crippen molar-refractivity contribution in [1.29, 1.82) is 0 Å². The minimum Gasteiger partial charge on any atom is -0.457 e. The summed E-state index contributed by atoms with van der Waals surface area (Å²) in [6.07, 6.45) is 4.86. The van der Waals surface area contributed by atoms with Gasteiger partial charge in [-0.25, -0.2) is 4.79 Å². The van der Waals surface area contributed by atoms with Gasteiger partial charge in [-0.05, 0) is 44.7 Å². The summed E-state index contributed by atoms with van der Waals surface area (Å²) in [5, 5.41) is 0. The van der Waals surface area contributed by atoms with E-state index in [4.69, 9.17) is 10.5 Å². The second-order valence-electron chi connectivity index (χ2n) is 7.48. The van der Waals surface area contributed by atoms with Gasteiger partial charge in [-0.15, -0.1) is 0 Å². The standard InChI is InChI=1S/C23H29NO2/c1-23(2,3)26-21(25)17-11-10-16-20(24)22(18-12-6-4-7-13-18)19-14-8-5-9-15-19/h4-9,11-15,17,20,22H,10,16,24H2,1-3H3. The monoisotopic (exact) mass is 351 g/mol. The first-order valence-corrected chi connectivity index (χ1v) is 9.12. The van der Waals surface area contributed by atoms with Crippen molar-refractivity contribution in [3.63, 3.8) is 0 Å². The fourth-order valence-electron chi connectivity index (χ4n) is 2.98. The number of carbonyl (C=O) groups is 1. The van der Waals surface area contributed by atoms with Gasteiger partial charge in [0.2, 0.25) is 0 Å². The summed E-state index contributed by atoms with van der Waals surface area (Å²) in [7, 11) is 0. The number of allylic oxidation sites excluding steroid dienone is 1. The highest BCUT2D eigenvalue weighted by atomic mass is 16.6. The average Bonchev–Trinajstić information content (AvgIpc) is 2.59. The molecule has 0 aromatic heterocycles. The molecule has 2 N–H and O–H groups in total. The van der Waals surface area contributed by atoms with Crippen LogP contribution in [0.2, 0.25) is 0 Å². The lowest BCUT2D eigenvalue weighted by atomic mass is 9.83. The normalized spacial score (nSPS) is 13.1. The largest absolute Gasteiger partial charge is 0.457 e. The van der Waals surface area contributed by atoms with E-state index < -0.39 is 5.60 Å². The highest BCUT2D eigenvalue weighted by molar-refractivity contribution is 5.82. The lowest BCUT2D eigenvalue weighted by molar-refractivity contribution is -0.148. The molecule has 0 aliphatic heterocycles. The van der Waals surface area contributed by atoms with E-state index in [0.29, 0.717) is 0 Å². The molecule has 3 nitrogen and oxygen atoms in total. The van der Waals surface area contributed by atoms with Crippen molar-refractivity contribution in [3.05, 3.63) is 83.9 Å². The van der Waals surface area contributed by atoms with Crippen LogP contribution < -0.4 is 5.73 Å². The van der Waals surface area contributed by atoms with E-state index in [1.54, 1.807) is 0 Å². The molecule has 0 radical (unpaired) electrons. The number of benzene rings is 2. The first kappa shape index (κ1) is 19.9. The van der Waals surface area contributed by atoms with Crippen molar-refractivity contribution >= 4 is 5.97 Å². The molecule has 0 bridgehead atoms. The summed E-state index contributed by atoms with van der Waals surface area (Å²) >= 11 is 0. The number of rotatable bonds is 7. The van der Waals surface area contributed by atoms with Gasteiger partial charge in [0.05, 0.1) is 0 Å². The molecular formula is C23H29NO2. The van der Waals surface area contributed by atoms with Crippen LogP contribution in [0.4, 0.5) is 0 Å². The molecule has 2 aromatic rings. The first-order valence-electron chi connectivity index (χ1n) is 9.12. The van der Waals surface area contributed by atoms with Crippen LogP contribution in [-0.2, 0) is 9.53 Å². The maximum Gasteiger partial charge on any atom is 0.330 e. The Hall–Kier alpha value is -2.39. The van der Waals surface area contributed by atoms with E-state index in [0.717, 1.165) is 12.8 Å². The number of nitrogens with two attached hydrogens (primary N) is 1. The van der Waals surface area contributed by atoms with E-state index in [1.165, 1.54) is 17.2 Å². The Morgan fingerprint density at radius 2 is 1.50 bits per heavy atom. The molecule has 0 fully saturated rings. The Kier molecular flexibility index (Phi) is 7.16. The van der Waals surface area contributed by atoms with Crippen molar-refractivity contribution in [2.24, 2.45) is 5.73 Å². The smallest absolute Gasteiger partial charge is 0.330 e. The number of ether oxygens (including phenoxy) is 1.